The Morgan fingerprint density at radius 2 is 1.50 bits per heavy atom. The third kappa shape index (κ3) is 4.44. The third-order valence-corrected chi connectivity index (χ3v) is 6.03. The first-order valence-corrected chi connectivity index (χ1v) is 11.2. The van der Waals surface area contributed by atoms with Gasteiger partial charge in [-0.3, -0.25) is 19.3 Å². The van der Waals surface area contributed by atoms with E-state index in [0.717, 1.165) is 5.56 Å². The Hall–Kier alpha value is -3.93. The summed E-state index contributed by atoms with van der Waals surface area (Å²) in [7, 11) is 1.56. The zero-order chi connectivity index (χ0) is 24.5. The fourth-order valence-corrected chi connectivity index (χ4v) is 4.04. The van der Waals surface area contributed by atoms with E-state index < -0.39 is 0 Å². The van der Waals surface area contributed by atoms with Crippen LogP contribution in [0.3, 0.4) is 0 Å². The first kappa shape index (κ1) is 23.2. The Kier molecular flexibility index (Phi) is 6.24. The molecular formula is C28H28N2O4. The normalized spacial score (nSPS) is 13.1. The first-order chi connectivity index (χ1) is 16.2. The number of amides is 3. The highest BCUT2D eigenvalue weighted by atomic mass is 16.5. The van der Waals surface area contributed by atoms with Gasteiger partial charge in [-0.1, -0.05) is 51.1 Å². The van der Waals surface area contributed by atoms with Crippen molar-refractivity contribution in [2.24, 2.45) is 0 Å². The van der Waals surface area contributed by atoms with Gasteiger partial charge in [0.2, 0.25) is 0 Å². The molecule has 1 aliphatic rings. The Balaban J connectivity index is 1.62. The maximum Gasteiger partial charge on any atom is 0.261 e. The quantitative estimate of drug-likeness (QED) is 0.493. The smallest absolute Gasteiger partial charge is 0.261 e. The van der Waals surface area contributed by atoms with Crippen LogP contribution in [0.25, 0.3) is 0 Å². The number of hydrogen-bond donors (Lipinski definition) is 0. The molecule has 0 aliphatic carbocycles. The maximum atomic E-state index is 13.6. The SMILES string of the molecule is COc1cccc(N(CCN2C(=O)c3ccccc3C2=O)C(=O)c2ccc(C(C)(C)C)cc2)c1. The molecule has 0 unspecified atom stereocenters. The molecule has 34 heavy (non-hydrogen) atoms. The fraction of sp³-hybridized carbons (Fsp3) is 0.250. The number of rotatable bonds is 6. The van der Waals surface area contributed by atoms with Crippen LogP contribution in [0.5, 0.6) is 5.75 Å². The van der Waals surface area contributed by atoms with Gasteiger partial charge in [0.05, 0.1) is 18.2 Å². The van der Waals surface area contributed by atoms with E-state index in [2.05, 4.69) is 20.8 Å². The lowest BCUT2D eigenvalue weighted by molar-refractivity contribution is 0.0654. The predicted octanol–water partition coefficient (Wildman–Crippen LogP) is 4.94. The zero-order valence-electron chi connectivity index (χ0n) is 19.9. The number of benzene rings is 3. The monoisotopic (exact) mass is 456 g/mol. The van der Waals surface area contributed by atoms with Crippen molar-refractivity contribution in [1.82, 2.24) is 4.90 Å². The van der Waals surface area contributed by atoms with E-state index in [0.29, 0.717) is 28.1 Å². The molecule has 3 aromatic carbocycles. The Morgan fingerprint density at radius 1 is 0.882 bits per heavy atom. The van der Waals surface area contributed by atoms with Crippen LogP contribution in [0, 0.1) is 0 Å². The number of carbonyl (C=O) groups is 3. The van der Waals surface area contributed by atoms with E-state index >= 15 is 0 Å². The summed E-state index contributed by atoms with van der Waals surface area (Å²) in [5.74, 6) is -0.286. The first-order valence-electron chi connectivity index (χ1n) is 11.2. The van der Waals surface area contributed by atoms with Crippen LogP contribution >= 0.6 is 0 Å². The van der Waals surface area contributed by atoms with Crippen molar-refractivity contribution in [3.63, 3.8) is 0 Å². The number of fused-ring (bicyclic) bond motifs is 1. The van der Waals surface area contributed by atoms with Crippen molar-refractivity contribution >= 4 is 23.4 Å². The molecule has 4 rings (SSSR count). The van der Waals surface area contributed by atoms with Crippen molar-refractivity contribution in [3.8, 4) is 5.75 Å². The van der Waals surface area contributed by atoms with E-state index in [-0.39, 0.29) is 36.2 Å². The number of hydrogen-bond acceptors (Lipinski definition) is 4. The van der Waals surface area contributed by atoms with Crippen molar-refractivity contribution in [1.29, 1.82) is 0 Å². The van der Waals surface area contributed by atoms with Gasteiger partial charge in [-0.05, 0) is 47.4 Å². The van der Waals surface area contributed by atoms with Crippen molar-refractivity contribution in [2.75, 3.05) is 25.1 Å². The molecule has 1 aliphatic heterocycles. The summed E-state index contributed by atoms with van der Waals surface area (Å²) in [6.45, 7) is 6.59. The van der Waals surface area contributed by atoms with Crippen molar-refractivity contribution < 1.29 is 19.1 Å². The number of methoxy groups -OCH3 is 1. The second-order valence-corrected chi connectivity index (χ2v) is 9.29. The van der Waals surface area contributed by atoms with E-state index in [4.69, 9.17) is 4.74 Å². The van der Waals surface area contributed by atoms with Gasteiger partial charge in [0.1, 0.15) is 5.75 Å². The van der Waals surface area contributed by atoms with Gasteiger partial charge in [0.25, 0.3) is 17.7 Å². The molecule has 3 amide bonds. The number of nitrogens with zero attached hydrogens (tertiary/aromatic N) is 2. The molecule has 174 valence electrons. The molecule has 6 nitrogen and oxygen atoms in total. The molecule has 0 saturated carbocycles. The predicted molar refractivity (Wildman–Crippen MR) is 132 cm³/mol. The van der Waals surface area contributed by atoms with Crippen LogP contribution in [-0.2, 0) is 5.41 Å². The molecule has 1 heterocycles. The van der Waals surface area contributed by atoms with Crippen molar-refractivity contribution in [3.05, 3.63) is 95.1 Å². The molecule has 0 aromatic heterocycles. The summed E-state index contributed by atoms with van der Waals surface area (Å²) in [6, 6.07) is 21.5. The number of carbonyl (C=O) groups excluding carboxylic acids is 3. The molecule has 0 fully saturated rings. The van der Waals surface area contributed by atoms with E-state index in [1.54, 1.807) is 54.5 Å². The maximum absolute atomic E-state index is 13.6. The highest BCUT2D eigenvalue weighted by molar-refractivity contribution is 6.21. The van der Waals surface area contributed by atoms with Gasteiger partial charge in [0.15, 0.2) is 0 Å². The van der Waals surface area contributed by atoms with Crippen molar-refractivity contribution in [2.45, 2.75) is 26.2 Å². The minimum absolute atomic E-state index is 0.0282. The summed E-state index contributed by atoms with van der Waals surface area (Å²) >= 11 is 0. The number of ether oxygens (including phenoxy) is 1. The molecule has 0 saturated heterocycles. The zero-order valence-corrected chi connectivity index (χ0v) is 19.9. The lowest BCUT2D eigenvalue weighted by Crippen LogP contribution is -2.41. The highest BCUT2D eigenvalue weighted by Gasteiger charge is 2.35. The van der Waals surface area contributed by atoms with Gasteiger partial charge in [-0.25, -0.2) is 0 Å². The van der Waals surface area contributed by atoms with Crippen LogP contribution < -0.4 is 9.64 Å². The summed E-state index contributed by atoms with van der Waals surface area (Å²) in [6.07, 6.45) is 0. The van der Waals surface area contributed by atoms with E-state index in [9.17, 15) is 14.4 Å². The summed E-state index contributed by atoms with van der Waals surface area (Å²) in [5.41, 5.74) is 3.04. The van der Waals surface area contributed by atoms with Gasteiger partial charge >= 0.3 is 0 Å². The fourth-order valence-electron chi connectivity index (χ4n) is 4.04. The second kappa shape index (κ2) is 9.14. The average Bonchev–Trinajstić information content (AvgIpc) is 3.08. The molecule has 3 aromatic rings. The molecule has 0 bridgehead atoms. The lowest BCUT2D eigenvalue weighted by Gasteiger charge is -2.26. The second-order valence-electron chi connectivity index (χ2n) is 9.29. The minimum Gasteiger partial charge on any atom is -0.497 e. The van der Waals surface area contributed by atoms with Crippen LogP contribution in [0.4, 0.5) is 5.69 Å². The summed E-state index contributed by atoms with van der Waals surface area (Å²) in [5, 5.41) is 0. The largest absolute Gasteiger partial charge is 0.497 e. The highest BCUT2D eigenvalue weighted by Crippen LogP contribution is 2.27. The van der Waals surface area contributed by atoms with Gasteiger partial charge in [-0.2, -0.15) is 0 Å². The topological polar surface area (TPSA) is 66.9 Å². The standard InChI is InChI=1S/C28H28N2O4/c1-28(2,3)20-14-12-19(13-15-20)25(31)29(21-8-7-9-22(18-21)34-4)16-17-30-26(32)23-10-5-6-11-24(23)27(30)33/h5-15,18H,16-17H2,1-4H3. The van der Waals surface area contributed by atoms with Gasteiger partial charge in [0, 0.05) is 30.4 Å². The Bertz CT molecular complexity index is 1210. The third-order valence-electron chi connectivity index (χ3n) is 6.03. The summed E-state index contributed by atoms with van der Waals surface area (Å²) < 4.78 is 5.34. The van der Waals surface area contributed by atoms with Crippen LogP contribution in [0.2, 0.25) is 0 Å². The Labute approximate surface area is 199 Å². The van der Waals surface area contributed by atoms with E-state index in [1.165, 1.54) is 4.90 Å². The average molecular weight is 457 g/mol. The number of imide groups is 1. The van der Waals surface area contributed by atoms with Crippen LogP contribution in [0.1, 0.15) is 57.4 Å². The molecule has 0 spiro atoms. The van der Waals surface area contributed by atoms with Crippen LogP contribution in [-0.4, -0.2) is 42.8 Å². The molecule has 0 radical (unpaired) electrons. The van der Waals surface area contributed by atoms with Crippen LogP contribution in [0.15, 0.2) is 72.8 Å². The molecule has 0 atom stereocenters. The molecular weight excluding hydrogens is 428 g/mol. The lowest BCUT2D eigenvalue weighted by atomic mass is 9.86. The summed E-state index contributed by atoms with van der Waals surface area (Å²) in [4.78, 5) is 42.0. The molecule has 0 N–H and O–H groups in total. The molecule has 6 heteroatoms. The number of anilines is 1. The van der Waals surface area contributed by atoms with E-state index in [1.807, 2.05) is 30.3 Å². The van der Waals surface area contributed by atoms with Gasteiger partial charge < -0.3 is 9.64 Å². The van der Waals surface area contributed by atoms with Gasteiger partial charge in [-0.15, -0.1) is 0 Å². The minimum atomic E-state index is -0.340. The Morgan fingerprint density at radius 3 is 2.06 bits per heavy atom.